The van der Waals surface area contributed by atoms with Gasteiger partial charge in [0.1, 0.15) is 0 Å². The summed E-state index contributed by atoms with van der Waals surface area (Å²) in [7, 11) is 0. The third kappa shape index (κ3) is 2.46. The lowest BCUT2D eigenvalue weighted by Gasteiger charge is -2.36. The molecule has 1 aliphatic rings. The smallest absolute Gasteiger partial charge is 0.0213 e. The average Bonchev–Trinajstić information content (AvgIpc) is 2.05. The van der Waals surface area contributed by atoms with Gasteiger partial charge in [0.25, 0.3) is 0 Å². The topological polar surface area (TPSA) is 15.3 Å². The Labute approximate surface area is 69.9 Å². The van der Waals surface area contributed by atoms with Crippen LogP contribution >= 0.6 is 0 Å². The van der Waals surface area contributed by atoms with E-state index in [0.717, 1.165) is 6.04 Å². The van der Waals surface area contributed by atoms with E-state index in [1.165, 1.54) is 25.8 Å². The second-order valence-corrected chi connectivity index (χ2v) is 3.66. The average molecular weight is 156 g/mol. The molecule has 11 heavy (non-hydrogen) atoms. The van der Waals surface area contributed by atoms with Gasteiger partial charge in [0.15, 0.2) is 0 Å². The fourth-order valence-electron chi connectivity index (χ4n) is 1.57. The standard InChI is InChI=1S/C9H20N2/c1-4-9-6-5-7-11(10-9)8(2)3/h8-10H,4-7H2,1-3H3. The molecule has 0 saturated carbocycles. The zero-order valence-electron chi connectivity index (χ0n) is 7.93. The summed E-state index contributed by atoms with van der Waals surface area (Å²) in [5.74, 6) is 0. The van der Waals surface area contributed by atoms with Crippen LogP contribution in [-0.4, -0.2) is 23.6 Å². The first-order valence-electron chi connectivity index (χ1n) is 4.77. The molecule has 0 radical (unpaired) electrons. The van der Waals surface area contributed by atoms with E-state index in [1.807, 2.05) is 0 Å². The molecule has 1 fully saturated rings. The highest BCUT2D eigenvalue weighted by atomic mass is 15.5. The van der Waals surface area contributed by atoms with Crippen LogP contribution in [0.5, 0.6) is 0 Å². The third-order valence-corrected chi connectivity index (χ3v) is 2.42. The van der Waals surface area contributed by atoms with Crippen LogP contribution in [0.3, 0.4) is 0 Å². The maximum atomic E-state index is 3.54. The fraction of sp³-hybridized carbons (Fsp3) is 1.00. The van der Waals surface area contributed by atoms with Gasteiger partial charge < -0.3 is 0 Å². The summed E-state index contributed by atoms with van der Waals surface area (Å²) >= 11 is 0. The highest BCUT2D eigenvalue weighted by Gasteiger charge is 2.18. The van der Waals surface area contributed by atoms with E-state index in [4.69, 9.17) is 0 Å². The molecule has 1 unspecified atom stereocenters. The molecule has 66 valence electrons. The molecule has 0 aromatic carbocycles. The van der Waals surface area contributed by atoms with Crippen molar-refractivity contribution in [2.24, 2.45) is 0 Å². The predicted molar refractivity (Wildman–Crippen MR) is 48.3 cm³/mol. The van der Waals surface area contributed by atoms with Crippen molar-refractivity contribution in [1.82, 2.24) is 10.4 Å². The van der Waals surface area contributed by atoms with E-state index in [9.17, 15) is 0 Å². The number of nitrogens with zero attached hydrogens (tertiary/aromatic N) is 1. The Balaban J connectivity index is 2.33. The van der Waals surface area contributed by atoms with Gasteiger partial charge in [-0.25, -0.2) is 5.01 Å². The van der Waals surface area contributed by atoms with Crippen LogP contribution in [-0.2, 0) is 0 Å². The summed E-state index contributed by atoms with van der Waals surface area (Å²) < 4.78 is 0. The normalized spacial score (nSPS) is 27.8. The highest BCUT2D eigenvalue weighted by Crippen LogP contribution is 2.11. The van der Waals surface area contributed by atoms with Crippen molar-refractivity contribution in [3.8, 4) is 0 Å². The van der Waals surface area contributed by atoms with Crippen molar-refractivity contribution in [2.75, 3.05) is 6.54 Å². The van der Waals surface area contributed by atoms with E-state index >= 15 is 0 Å². The Morgan fingerprint density at radius 2 is 2.27 bits per heavy atom. The van der Waals surface area contributed by atoms with Gasteiger partial charge in [0, 0.05) is 18.6 Å². The lowest BCUT2D eigenvalue weighted by Crippen LogP contribution is -2.52. The quantitative estimate of drug-likeness (QED) is 0.655. The van der Waals surface area contributed by atoms with Crippen molar-refractivity contribution in [2.45, 2.75) is 52.1 Å². The molecule has 1 aliphatic heterocycles. The van der Waals surface area contributed by atoms with Crippen molar-refractivity contribution in [3.05, 3.63) is 0 Å². The molecular formula is C9H20N2. The van der Waals surface area contributed by atoms with E-state index in [2.05, 4.69) is 31.2 Å². The van der Waals surface area contributed by atoms with Crippen LogP contribution in [0.2, 0.25) is 0 Å². The molecule has 0 aromatic rings. The van der Waals surface area contributed by atoms with Crippen molar-refractivity contribution in [1.29, 1.82) is 0 Å². The molecule has 2 heteroatoms. The maximum Gasteiger partial charge on any atom is 0.0213 e. The van der Waals surface area contributed by atoms with E-state index in [0.29, 0.717) is 6.04 Å². The summed E-state index contributed by atoms with van der Waals surface area (Å²) in [6, 6.07) is 1.37. The van der Waals surface area contributed by atoms with Crippen molar-refractivity contribution < 1.29 is 0 Å². The second-order valence-electron chi connectivity index (χ2n) is 3.66. The maximum absolute atomic E-state index is 3.54. The Morgan fingerprint density at radius 3 is 2.82 bits per heavy atom. The van der Waals surface area contributed by atoms with E-state index in [-0.39, 0.29) is 0 Å². The van der Waals surface area contributed by atoms with Crippen LogP contribution in [0.25, 0.3) is 0 Å². The van der Waals surface area contributed by atoms with Crippen LogP contribution in [0.1, 0.15) is 40.0 Å². The molecule has 1 heterocycles. The molecular weight excluding hydrogens is 136 g/mol. The van der Waals surface area contributed by atoms with Crippen LogP contribution in [0, 0.1) is 0 Å². The third-order valence-electron chi connectivity index (χ3n) is 2.42. The predicted octanol–water partition coefficient (Wildman–Crippen LogP) is 1.77. The second kappa shape index (κ2) is 4.07. The molecule has 2 nitrogen and oxygen atoms in total. The van der Waals surface area contributed by atoms with Gasteiger partial charge in [-0.15, -0.1) is 0 Å². The first-order valence-corrected chi connectivity index (χ1v) is 4.77. The molecule has 0 aromatic heterocycles. The van der Waals surface area contributed by atoms with Crippen LogP contribution < -0.4 is 5.43 Å². The van der Waals surface area contributed by atoms with Gasteiger partial charge in [0.2, 0.25) is 0 Å². The summed E-state index contributed by atoms with van der Waals surface area (Å²) in [6.07, 6.45) is 3.95. The number of hydrogen-bond acceptors (Lipinski definition) is 2. The van der Waals surface area contributed by atoms with Gasteiger partial charge in [-0.1, -0.05) is 6.92 Å². The highest BCUT2D eigenvalue weighted by molar-refractivity contribution is 4.72. The van der Waals surface area contributed by atoms with Crippen LogP contribution in [0.15, 0.2) is 0 Å². The summed E-state index contributed by atoms with van der Waals surface area (Å²) in [6.45, 7) is 7.95. The van der Waals surface area contributed by atoms with Gasteiger partial charge in [0.05, 0.1) is 0 Å². The van der Waals surface area contributed by atoms with Crippen molar-refractivity contribution >= 4 is 0 Å². The summed E-state index contributed by atoms with van der Waals surface area (Å²) in [5, 5.41) is 2.36. The monoisotopic (exact) mass is 156 g/mol. The Kier molecular flexibility index (Phi) is 3.34. The molecule has 1 N–H and O–H groups in total. The molecule has 1 rings (SSSR count). The molecule has 1 atom stereocenters. The minimum atomic E-state index is 0.643. The minimum Gasteiger partial charge on any atom is -0.252 e. The number of hydrazine groups is 1. The van der Waals surface area contributed by atoms with Gasteiger partial charge in [-0.05, 0) is 33.1 Å². The van der Waals surface area contributed by atoms with Crippen molar-refractivity contribution in [3.63, 3.8) is 0 Å². The molecule has 1 saturated heterocycles. The Bertz CT molecular complexity index is 112. The molecule has 0 bridgehead atoms. The first kappa shape index (κ1) is 9.01. The fourth-order valence-corrected chi connectivity index (χ4v) is 1.57. The zero-order chi connectivity index (χ0) is 8.27. The summed E-state index contributed by atoms with van der Waals surface area (Å²) in [5.41, 5.74) is 3.54. The molecule has 0 amide bonds. The zero-order valence-corrected chi connectivity index (χ0v) is 7.93. The van der Waals surface area contributed by atoms with E-state index in [1.54, 1.807) is 0 Å². The largest absolute Gasteiger partial charge is 0.252 e. The number of rotatable bonds is 2. The van der Waals surface area contributed by atoms with Gasteiger partial charge in [-0.3, -0.25) is 5.43 Å². The first-order chi connectivity index (χ1) is 5.24. The Morgan fingerprint density at radius 1 is 1.55 bits per heavy atom. The van der Waals surface area contributed by atoms with E-state index < -0.39 is 0 Å². The molecule has 0 spiro atoms. The lowest BCUT2D eigenvalue weighted by atomic mass is 10.1. The van der Waals surface area contributed by atoms with Gasteiger partial charge >= 0.3 is 0 Å². The van der Waals surface area contributed by atoms with Crippen LogP contribution in [0.4, 0.5) is 0 Å². The molecule has 0 aliphatic carbocycles. The Hall–Kier alpha value is -0.0800. The lowest BCUT2D eigenvalue weighted by molar-refractivity contribution is 0.0780. The van der Waals surface area contributed by atoms with Gasteiger partial charge in [-0.2, -0.15) is 0 Å². The minimum absolute atomic E-state index is 0.643. The summed E-state index contributed by atoms with van der Waals surface area (Å²) in [4.78, 5) is 0. The SMILES string of the molecule is CCC1CCCN(C(C)C)N1. The number of hydrogen-bond donors (Lipinski definition) is 1. The number of nitrogens with one attached hydrogen (secondary N) is 1.